The van der Waals surface area contributed by atoms with Gasteiger partial charge in [-0.25, -0.2) is 4.79 Å². The number of carbonyl (C=O) groups is 2. The second-order valence-electron chi connectivity index (χ2n) is 6.67. The highest BCUT2D eigenvalue weighted by atomic mass is 32.1. The standard InChI is InChI=1S/C16H24N2O3S/c1-11-7-9-22-13(11)14(19)18-8-5-6-12(10-18)17-15(20)21-16(2,3)4/h7,9,12H,5-6,8,10H2,1-4H3,(H,17,20). The molecule has 1 fully saturated rings. The molecule has 122 valence electrons. The summed E-state index contributed by atoms with van der Waals surface area (Å²) >= 11 is 1.47. The van der Waals surface area contributed by atoms with Gasteiger partial charge in [0.25, 0.3) is 5.91 Å². The normalized spacial score (nSPS) is 18.9. The lowest BCUT2D eigenvalue weighted by Gasteiger charge is -2.33. The lowest BCUT2D eigenvalue weighted by molar-refractivity contribution is 0.0452. The second kappa shape index (κ2) is 6.69. The molecule has 2 amide bonds. The molecule has 0 bridgehead atoms. The number of hydrogen-bond acceptors (Lipinski definition) is 4. The molecule has 0 radical (unpaired) electrons. The third-order valence-electron chi connectivity index (χ3n) is 3.49. The minimum absolute atomic E-state index is 0.0483. The fraction of sp³-hybridized carbons (Fsp3) is 0.625. The highest BCUT2D eigenvalue weighted by molar-refractivity contribution is 7.12. The summed E-state index contributed by atoms with van der Waals surface area (Å²) < 4.78 is 5.28. The van der Waals surface area contributed by atoms with Gasteiger partial charge in [0.05, 0.1) is 4.88 Å². The number of alkyl carbamates (subject to hydrolysis) is 1. The molecule has 1 atom stereocenters. The number of rotatable bonds is 2. The van der Waals surface area contributed by atoms with Crippen LogP contribution in [0.2, 0.25) is 0 Å². The fourth-order valence-electron chi connectivity index (χ4n) is 2.49. The molecule has 1 aromatic rings. The summed E-state index contributed by atoms with van der Waals surface area (Å²) in [5.41, 5.74) is 0.500. The molecule has 1 N–H and O–H groups in total. The Morgan fingerprint density at radius 3 is 2.73 bits per heavy atom. The quantitative estimate of drug-likeness (QED) is 0.909. The van der Waals surface area contributed by atoms with Crippen LogP contribution in [-0.4, -0.2) is 41.6 Å². The summed E-state index contributed by atoms with van der Waals surface area (Å²) in [4.78, 5) is 27.0. The van der Waals surface area contributed by atoms with Gasteiger partial charge in [-0.3, -0.25) is 4.79 Å². The molecule has 1 aliphatic rings. The van der Waals surface area contributed by atoms with Gasteiger partial charge in [-0.2, -0.15) is 0 Å². The Labute approximate surface area is 135 Å². The van der Waals surface area contributed by atoms with Gasteiger partial charge in [0, 0.05) is 19.1 Å². The third-order valence-corrected chi connectivity index (χ3v) is 4.49. The van der Waals surface area contributed by atoms with Crippen molar-refractivity contribution in [1.29, 1.82) is 0 Å². The zero-order valence-corrected chi connectivity index (χ0v) is 14.5. The van der Waals surface area contributed by atoms with Crippen LogP contribution in [0.25, 0.3) is 0 Å². The van der Waals surface area contributed by atoms with Crippen molar-refractivity contribution in [2.75, 3.05) is 13.1 Å². The minimum Gasteiger partial charge on any atom is -0.444 e. The molecule has 5 nitrogen and oxygen atoms in total. The van der Waals surface area contributed by atoms with E-state index >= 15 is 0 Å². The summed E-state index contributed by atoms with van der Waals surface area (Å²) in [5, 5.41) is 4.80. The van der Waals surface area contributed by atoms with Crippen LogP contribution in [0, 0.1) is 6.92 Å². The monoisotopic (exact) mass is 324 g/mol. The molecule has 1 aromatic heterocycles. The van der Waals surface area contributed by atoms with Crippen LogP contribution in [0.3, 0.4) is 0 Å². The first kappa shape index (κ1) is 16.8. The van der Waals surface area contributed by atoms with E-state index in [0.717, 1.165) is 29.8 Å². The van der Waals surface area contributed by atoms with Crippen molar-refractivity contribution in [3.8, 4) is 0 Å². The molecule has 6 heteroatoms. The molecular formula is C16H24N2O3S. The van der Waals surface area contributed by atoms with Crippen molar-refractivity contribution >= 4 is 23.3 Å². The number of nitrogens with zero attached hydrogens (tertiary/aromatic N) is 1. The van der Waals surface area contributed by atoms with E-state index < -0.39 is 11.7 Å². The van der Waals surface area contributed by atoms with Crippen molar-refractivity contribution < 1.29 is 14.3 Å². The Bertz CT molecular complexity index is 548. The first-order chi connectivity index (χ1) is 10.3. The number of amides is 2. The smallest absolute Gasteiger partial charge is 0.407 e. The van der Waals surface area contributed by atoms with Gasteiger partial charge < -0.3 is 15.0 Å². The first-order valence-electron chi connectivity index (χ1n) is 7.59. The van der Waals surface area contributed by atoms with Gasteiger partial charge in [0.15, 0.2) is 0 Å². The maximum absolute atomic E-state index is 12.5. The third kappa shape index (κ3) is 4.47. The van der Waals surface area contributed by atoms with Crippen molar-refractivity contribution in [2.45, 2.75) is 52.2 Å². The number of thiophene rings is 1. The Morgan fingerprint density at radius 2 is 2.14 bits per heavy atom. The average molecular weight is 324 g/mol. The minimum atomic E-state index is -0.512. The van der Waals surface area contributed by atoms with Gasteiger partial charge in [-0.1, -0.05) is 0 Å². The van der Waals surface area contributed by atoms with E-state index in [0.29, 0.717) is 6.54 Å². The highest BCUT2D eigenvalue weighted by Gasteiger charge is 2.28. The number of nitrogens with one attached hydrogen (secondary N) is 1. The topological polar surface area (TPSA) is 58.6 Å². The maximum atomic E-state index is 12.5. The molecule has 0 aromatic carbocycles. The number of ether oxygens (including phenoxy) is 1. The first-order valence-corrected chi connectivity index (χ1v) is 8.47. The molecule has 1 aliphatic heterocycles. The molecular weight excluding hydrogens is 300 g/mol. The summed E-state index contributed by atoms with van der Waals surface area (Å²) in [6.07, 6.45) is 1.34. The molecule has 22 heavy (non-hydrogen) atoms. The Balaban J connectivity index is 1.93. The summed E-state index contributed by atoms with van der Waals surface area (Å²) in [7, 11) is 0. The van der Waals surface area contributed by atoms with Gasteiger partial charge in [-0.15, -0.1) is 11.3 Å². The predicted octanol–water partition coefficient (Wildman–Crippen LogP) is 3.19. The molecule has 1 unspecified atom stereocenters. The van der Waals surface area contributed by atoms with Crippen LogP contribution in [0.5, 0.6) is 0 Å². The maximum Gasteiger partial charge on any atom is 0.407 e. The fourth-order valence-corrected chi connectivity index (χ4v) is 3.38. The molecule has 1 saturated heterocycles. The van der Waals surface area contributed by atoms with E-state index in [1.54, 1.807) is 0 Å². The van der Waals surface area contributed by atoms with Gasteiger partial charge in [0.1, 0.15) is 5.60 Å². The number of aryl methyl sites for hydroxylation is 1. The van der Waals surface area contributed by atoms with Crippen LogP contribution >= 0.6 is 11.3 Å². The number of piperidine rings is 1. The zero-order valence-electron chi connectivity index (χ0n) is 13.6. The second-order valence-corrected chi connectivity index (χ2v) is 7.59. The van der Waals surface area contributed by atoms with Crippen LogP contribution < -0.4 is 5.32 Å². The summed E-state index contributed by atoms with van der Waals surface area (Å²) in [5.74, 6) is 0.0585. The average Bonchev–Trinajstić information content (AvgIpc) is 2.82. The van der Waals surface area contributed by atoms with E-state index in [1.807, 2.05) is 44.0 Å². The van der Waals surface area contributed by atoms with Crippen molar-refractivity contribution in [3.63, 3.8) is 0 Å². The van der Waals surface area contributed by atoms with Crippen molar-refractivity contribution in [3.05, 3.63) is 21.9 Å². The van der Waals surface area contributed by atoms with Crippen LogP contribution in [-0.2, 0) is 4.74 Å². The summed E-state index contributed by atoms with van der Waals surface area (Å²) in [6.45, 7) is 8.73. The van der Waals surface area contributed by atoms with E-state index in [1.165, 1.54) is 11.3 Å². The Kier molecular flexibility index (Phi) is 5.11. The van der Waals surface area contributed by atoms with Crippen molar-refractivity contribution in [2.24, 2.45) is 0 Å². The van der Waals surface area contributed by atoms with E-state index in [9.17, 15) is 9.59 Å². The molecule has 0 spiro atoms. The lowest BCUT2D eigenvalue weighted by atomic mass is 10.1. The molecule has 2 heterocycles. The SMILES string of the molecule is Cc1ccsc1C(=O)N1CCCC(NC(=O)OC(C)(C)C)C1. The number of carbonyl (C=O) groups excluding carboxylic acids is 2. The Morgan fingerprint density at radius 1 is 1.41 bits per heavy atom. The van der Waals surface area contributed by atoms with E-state index in [4.69, 9.17) is 4.74 Å². The van der Waals surface area contributed by atoms with Crippen LogP contribution in [0.4, 0.5) is 4.79 Å². The number of hydrogen-bond donors (Lipinski definition) is 1. The van der Waals surface area contributed by atoms with Crippen LogP contribution in [0.15, 0.2) is 11.4 Å². The van der Waals surface area contributed by atoms with Crippen molar-refractivity contribution in [1.82, 2.24) is 10.2 Å². The zero-order chi connectivity index (χ0) is 16.3. The van der Waals surface area contributed by atoms with Gasteiger partial charge in [-0.05, 0) is 57.5 Å². The van der Waals surface area contributed by atoms with Gasteiger partial charge in [0.2, 0.25) is 0 Å². The van der Waals surface area contributed by atoms with E-state index in [-0.39, 0.29) is 11.9 Å². The highest BCUT2D eigenvalue weighted by Crippen LogP contribution is 2.21. The van der Waals surface area contributed by atoms with Crippen LogP contribution in [0.1, 0.15) is 48.8 Å². The molecule has 0 aliphatic carbocycles. The van der Waals surface area contributed by atoms with Gasteiger partial charge >= 0.3 is 6.09 Å². The predicted molar refractivity (Wildman–Crippen MR) is 87.4 cm³/mol. The molecule has 2 rings (SSSR count). The lowest BCUT2D eigenvalue weighted by Crippen LogP contribution is -2.50. The molecule has 0 saturated carbocycles. The summed E-state index contributed by atoms with van der Waals surface area (Å²) in [6, 6.07) is 1.91. The van der Waals surface area contributed by atoms with E-state index in [2.05, 4.69) is 5.32 Å². The Hall–Kier alpha value is -1.56. The number of likely N-dealkylation sites (tertiary alicyclic amines) is 1. The largest absolute Gasteiger partial charge is 0.444 e.